The molecule has 0 amide bonds. The van der Waals surface area contributed by atoms with Gasteiger partial charge in [0.05, 0.1) is 0 Å². The Labute approximate surface area is 97.9 Å². The minimum absolute atomic E-state index is 0.0147. The molecule has 90 valence electrons. The molecule has 0 aliphatic carbocycles. The molecule has 0 aromatic heterocycles. The molecule has 0 heterocycles. The van der Waals surface area contributed by atoms with E-state index in [2.05, 4.69) is 0 Å². The van der Waals surface area contributed by atoms with Gasteiger partial charge in [0, 0.05) is 12.0 Å². The molecule has 2 N–H and O–H groups in total. The van der Waals surface area contributed by atoms with Crippen molar-refractivity contribution in [2.75, 3.05) is 6.54 Å². The Balaban J connectivity index is 3.40. The fraction of sp³-hybridized carbons (Fsp3) is 0.571. The fourth-order valence-electron chi connectivity index (χ4n) is 2.00. The van der Waals surface area contributed by atoms with Crippen molar-refractivity contribution in [3.8, 4) is 0 Å². The first-order chi connectivity index (χ1) is 7.24. The molecule has 0 aliphatic heterocycles. The molecule has 0 saturated carbocycles. The summed E-state index contributed by atoms with van der Waals surface area (Å²) in [6.07, 6.45) is 0. The summed E-state index contributed by atoms with van der Waals surface area (Å²) in [5.41, 5.74) is 6.54. The van der Waals surface area contributed by atoms with Crippen molar-refractivity contribution in [3.63, 3.8) is 0 Å². The van der Waals surface area contributed by atoms with Crippen LogP contribution in [0.5, 0.6) is 0 Å². The van der Waals surface area contributed by atoms with Crippen LogP contribution < -0.4 is 5.73 Å². The highest BCUT2D eigenvalue weighted by molar-refractivity contribution is 5.38. The minimum atomic E-state index is -1.47. The van der Waals surface area contributed by atoms with E-state index in [0.717, 1.165) is 16.7 Å². The summed E-state index contributed by atoms with van der Waals surface area (Å²) in [4.78, 5) is 0. The van der Waals surface area contributed by atoms with Crippen LogP contribution in [0.2, 0.25) is 0 Å². The lowest BCUT2D eigenvalue weighted by atomic mass is 9.72. The zero-order chi connectivity index (χ0) is 12.6. The maximum absolute atomic E-state index is 15.1. The number of rotatable bonds is 2. The molecule has 1 unspecified atom stereocenters. The van der Waals surface area contributed by atoms with E-state index in [9.17, 15) is 0 Å². The van der Waals surface area contributed by atoms with E-state index in [-0.39, 0.29) is 6.54 Å². The summed E-state index contributed by atoms with van der Waals surface area (Å²) in [5, 5.41) is 0. The Morgan fingerprint density at radius 2 is 1.75 bits per heavy atom. The van der Waals surface area contributed by atoms with Gasteiger partial charge in [-0.25, -0.2) is 4.39 Å². The van der Waals surface area contributed by atoms with Crippen LogP contribution in [-0.4, -0.2) is 6.54 Å². The van der Waals surface area contributed by atoms with Gasteiger partial charge < -0.3 is 5.73 Å². The van der Waals surface area contributed by atoms with Gasteiger partial charge >= 0.3 is 0 Å². The van der Waals surface area contributed by atoms with Crippen LogP contribution in [0.25, 0.3) is 0 Å². The third-order valence-electron chi connectivity index (χ3n) is 3.50. The molecule has 1 atom stereocenters. The van der Waals surface area contributed by atoms with Gasteiger partial charge in [-0.2, -0.15) is 0 Å². The number of nitrogens with two attached hydrogens (primary N) is 1. The van der Waals surface area contributed by atoms with Crippen LogP contribution in [0.1, 0.15) is 37.5 Å². The Hall–Kier alpha value is -0.890. The zero-order valence-corrected chi connectivity index (χ0v) is 10.9. The largest absolute Gasteiger partial charge is 0.327 e. The van der Waals surface area contributed by atoms with Crippen LogP contribution >= 0.6 is 0 Å². The summed E-state index contributed by atoms with van der Waals surface area (Å²) in [5.74, 6) is 0. The molecule has 2 heteroatoms. The minimum Gasteiger partial charge on any atom is -0.327 e. The normalized spacial score (nSPS) is 15.9. The number of halogens is 1. The van der Waals surface area contributed by atoms with Crippen LogP contribution in [0.3, 0.4) is 0 Å². The Kier molecular flexibility index (Phi) is 3.44. The predicted octanol–water partition coefficient (Wildman–Crippen LogP) is 3.47. The highest BCUT2D eigenvalue weighted by Gasteiger charge is 2.43. The van der Waals surface area contributed by atoms with E-state index in [1.807, 2.05) is 52.8 Å². The second-order valence-corrected chi connectivity index (χ2v) is 5.50. The van der Waals surface area contributed by atoms with Crippen LogP contribution in [0, 0.1) is 19.3 Å². The van der Waals surface area contributed by atoms with Gasteiger partial charge in [0.25, 0.3) is 0 Å². The number of hydrogen-bond acceptors (Lipinski definition) is 1. The van der Waals surface area contributed by atoms with Gasteiger partial charge in [0.1, 0.15) is 0 Å². The van der Waals surface area contributed by atoms with E-state index < -0.39 is 11.1 Å². The van der Waals surface area contributed by atoms with Crippen molar-refractivity contribution < 1.29 is 4.39 Å². The standard InChI is InChI=1S/C14H22FN/c1-10-7-6-8-12(11(10)2)14(15,9-16)13(3,4)5/h6-8H,9,16H2,1-5H3. The van der Waals surface area contributed by atoms with E-state index in [1.165, 1.54) is 0 Å². The second-order valence-electron chi connectivity index (χ2n) is 5.50. The first-order valence-corrected chi connectivity index (χ1v) is 5.69. The molecule has 0 spiro atoms. The third kappa shape index (κ3) is 1.99. The van der Waals surface area contributed by atoms with Crippen molar-refractivity contribution in [1.29, 1.82) is 0 Å². The zero-order valence-electron chi connectivity index (χ0n) is 10.9. The summed E-state index contributed by atoms with van der Waals surface area (Å²) < 4.78 is 15.1. The number of aryl methyl sites for hydroxylation is 1. The lowest BCUT2D eigenvalue weighted by Crippen LogP contribution is -2.43. The van der Waals surface area contributed by atoms with Crippen molar-refractivity contribution >= 4 is 0 Å². The van der Waals surface area contributed by atoms with Gasteiger partial charge in [0.2, 0.25) is 0 Å². The molecule has 0 bridgehead atoms. The van der Waals surface area contributed by atoms with E-state index in [4.69, 9.17) is 5.73 Å². The first-order valence-electron chi connectivity index (χ1n) is 5.69. The molecule has 1 aromatic rings. The van der Waals surface area contributed by atoms with Gasteiger partial charge in [0.15, 0.2) is 5.67 Å². The number of hydrogen-bond donors (Lipinski definition) is 1. The van der Waals surface area contributed by atoms with Gasteiger partial charge in [-0.1, -0.05) is 39.0 Å². The smallest absolute Gasteiger partial charge is 0.153 e. The monoisotopic (exact) mass is 223 g/mol. The van der Waals surface area contributed by atoms with Gasteiger partial charge in [-0.05, 0) is 30.5 Å². The van der Waals surface area contributed by atoms with Crippen molar-refractivity contribution in [2.24, 2.45) is 11.1 Å². The first kappa shape index (κ1) is 13.2. The van der Waals surface area contributed by atoms with Crippen molar-refractivity contribution in [3.05, 3.63) is 34.9 Å². The lowest BCUT2D eigenvalue weighted by Gasteiger charge is -2.38. The maximum atomic E-state index is 15.1. The van der Waals surface area contributed by atoms with Crippen LogP contribution in [0.4, 0.5) is 4.39 Å². The third-order valence-corrected chi connectivity index (χ3v) is 3.50. The molecule has 1 aromatic carbocycles. The SMILES string of the molecule is Cc1cccc(C(F)(CN)C(C)(C)C)c1C. The van der Waals surface area contributed by atoms with E-state index >= 15 is 4.39 Å². The Bertz CT molecular complexity index is 379. The van der Waals surface area contributed by atoms with Crippen molar-refractivity contribution in [2.45, 2.75) is 40.3 Å². The molecular formula is C14H22FN. The quantitative estimate of drug-likeness (QED) is 0.816. The van der Waals surface area contributed by atoms with Gasteiger partial charge in [-0.15, -0.1) is 0 Å². The topological polar surface area (TPSA) is 26.0 Å². The molecule has 0 aliphatic rings. The second kappa shape index (κ2) is 4.17. The summed E-state index contributed by atoms with van der Waals surface area (Å²) in [6.45, 7) is 9.64. The molecular weight excluding hydrogens is 201 g/mol. The molecule has 16 heavy (non-hydrogen) atoms. The van der Waals surface area contributed by atoms with Crippen LogP contribution in [0.15, 0.2) is 18.2 Å². The highest BCUT2D eigenvalue weighted by Crippen LogP contribution is 2.43. The molecule has 0 saturated heterocycles. The Morgan fingerprint density at radius 3 is 2.19 bits per heavy atom. The van der Waals surface area contributed by atoms with Gasteiger partial charge in [-0.3, -0.25) is 0 Å². The highest BCUT2D eigenvalue weighted by atomic mass is 19.1. The summed E-state index contributed by atoms with van der Waals surface area (Å²) >= 11 is 0. The molecule has 1 rings (SSSR count). The number of alkyl halides is 1. The molecule has 0 radical (unpaired) electrons. The summed E-state index contributed by atoms with van der Waals surface area (Å²) in [7, 11) is 0. The maximum Gasteiger partial charge on any atom is 0.153 e. The van der Waals surface area contributed by atoms with E-state index in [0.29, 0.717) is 0 Å². The Morgan fingerprint density at radius 1 is 1.19 bits per heavy atom. The fourth-order valence-corrected chi connectivity index (χ4v) is 2.00. The van der Waals surface area contributed by atoms with E-state index in [1.54, 1.807) is 0 Å². The lowest BCUT2D eigenvalue weighted by molar-refractivity contribution is 0.0336. The van der Waals surface area contributed by atoms with Crippen LogP contribution in [-0.2, 0) is 5.67 Å². The average molecular weight is 223 g/mol. The predicted molar refractivity (Wildman–Crippen MR) is 67.2 cm³/mol. The van der Waals surface area contributed by atoms with Crippen molar-refractivity contribution in [1.82, 2.24) is 0 Å². The molecule has 0 fully saturated rings. The summed E-state index contributed by atoms with van der Waals surface area (Å²) in [6, 6.07) is 5.74. The molecule has 1 nitrogen and oxygen atoms in total. The average Bonchev–Trinajstić information content (AvgIpc) is 2.19. The number of benzene rings is 1.